The minimum atomic E-state index is -0.0517. The number of methoxy groups -OCH3 is 1. The number of fused-ring (bicyclic) bond motifs is 1. The monoisotopic (exact) mass is 501 g/mol. The highest BCUT2D eigenvalue weighted by molar-refractivity contribution is 7.16. The van der Waals surface area contributed by atoms with Crippen LogP contribution in [0.25, 0.3) is 0 Å². The molecule has 0 aliphatic carbocycles. The number of anilines is 2. The van der Waals surface area contributed by atoms with Crippen LogP contribution in [0, 0.1) is 11.3 Å². The van der Waals surface area contributed by atoms with E-state index in [9.17, 15) is 10.1 Å². The highest BCUT2D eigenvalue weighted by atomic mass is 32.1. The van der Waals surface area contributed by atoms with Crippen molar-refractivity contribution in [1.29, 1.82) is 5.26 Å². The molecule has 8 heteroatoms. The molecule has 1 saturated heterocycles. The first-order valence-corrected chi connectivity index (χ1v) is 13.2. The standard InChI is InChI=1S/C28H31N5O2S/c1-35-23-9-7-22(8-10-23)33-15-13-31(14-16-33)20-27(34)30-28-25(17-29)24-11-12-32(19-26(24)36-28)18-21-5-3-2-4-6-21/h2-10H,11-16,18-20H2,1H3,(H,30,34). The Morgan fingerprint density at radius 1 is 1.03 bits per heavy atom. The predicted molar refractivity (Wildman–Crippen MR) is 144 cm³/mol. The van der Waals surface area contributed by atoms with E-state index in [0.717, 1.165) is 63.5 Å². The number of thiophene rings is 1. The maximum Gasteiger partial charge on any atom is 0.239 e. The van der Waals surface area contributed by atoms with Gasteiger partial charge in [-0.2, -0.15) is 5.26 Å². The maximum atomic E-state index is 12.9. The summed E-state index contributed by atoms with van der Waals surface area (Å²) in [5, 5.41) is 13.6. The third-order valence-corrected chi connectivity index (χ3v) is 8.06. The number of hydrogen-bond donors (Lipinski definition) is 1. The molecule has 0 saturated carbocycles. The largest absolute Gasteiger partial charge is 0.497 e. The van der Waals surface area contributed by atoms with E-state index in [1.165, 1.54) is 16.1 Å². The molecule has 0 bridgehead atoms. The second kappa shape index (κ2) is 11.1. The van der Waals surface area contributed by atoms with Gasteiger partial charge in [-0.3, -0.25) is 14.6 Å². The second-order valence-corrected chi connectivity index (χ2v) is 10.4. The van der Waals surface area contributed by atoms with Crippen molar-refractivity contribution in [3.8, 4) is 11.8 Å². The Kier molecular flexibility index (Phi) is 7.52. The molecular formula is C28H31N5O2S. The van der Waals surface area contributed by atoms with Crippen LogP contribution < -0.4 is 15.0 Å². The van der Waals surface area contributed by atoms with Gasteiger partial charge >= 0.3 is 0 Å². The van der Waals surface area contributed by atoms with Crippen molar-refractivity contribution >= 4 is 27.9 Å². The second-order valence-electron chi connectivity index (χ2n) is 9.28. The first kappa shape index (κ1) is 24.3. The van der Waals surface area contributed by atoms with E-state index in [-0.39, 0.29) is 5.91 Å². The van der Waals surface area contributed by atoms with E-state index in [1.807, 2.05) is 18.2 Å². The van der Waals surface area contributed by atoms with Gasteiger partial charge in [-0.25, -0.2) is 0 Å². The van der Waals surface area contributed by atoms with Crippen LogP contribution in [0.15, 0.2) is 54.6 Å². The molecule has 1 amide bonds. The first-order chi connectivity index (χ1) is 17.6. The summed E-state index contributed by atoms with van der Waals surface area (Å²) in [4.78, 5) is 21.0. The van der Waals surface area contributed by atoms with Crippen LogP contribution in [0.1, 0.15) is 21.6 Å². The molecule has 0 radical (unpaired) electrons. The fraction of sp³-hybridized carbons (Fsp3) is 0.357. The van der Waals surface area contributed by atoms with E-state index in [0.29, 0.717) is 17.1 Å². The molecule has 3 heterocycles. The minimum absolute atomic E-state index is 0.0517. The van der Waals surface area contributed by atoms with Crippen LogP contribution in [-0.4, -0.2) is 62.1 Å². The summed E-state index contributed by atoms with van der Waals surface area (Å²) in [7, 11) is 1.67. The summed E-state index contributed by atoms with van der Waals surface area (Å²) in [6, 6.07) is 20.9. The molecule has 36 heavy (non-hydrogen) atoms. The number of rotatable bonds is 7. The van der Waals surface area contributed by atoms with Crippen molar-refractivity contribution in [3.05, 3.63) is 76.2 Å². The molecule has 1 aromatic heterocycles. The molecule has 5 rings (SSSR count). The molecule has 7 nitrogen and oxygen atoms in total. The van der Waals surface area contributed by atoms with E-state index in [2.05, 4.69) is 62.5 Å². The Labute approximate surface area is 216 Å². The lowest BCUT2D eigenvalue weighted by Crippen LogP contribution is -2.48. The number of ether oxygens (including phenoxy) is 1. The van der Waals surface area contributed by atoms with Crippen molar-refractivity contribution < 1.29 is 9.53 Å². The Morgan fingerprint density at radius 2 is 1.78 bits per heavy atom. The fourth-order valence-electron chi connectivity index (χ4n) is 4.97. The molecule has 2 aliphatic heterocycles. The average molecular weight is 502 g/mol. The summed E-state index contributed by atoms with van der Waals surface area (Å²) < 4.78 is 5.25. The van der Waals surface area contributed by atoms with E-state index in [4.69, 9.17) is 4.74 Å². The van der Waals surface area contributed by atoms with Crippen LogP contribution >= 0.6 is 11.3 Å². The Balaban J connectivity index is 1.16. The van der Waals surface area contributed by atoms with Crippen LogP contribution in [0.2, 0.25) is 0 Å². The van der Waals surface area contributed by atoms with Gasteiger partial charge < -0.3 is 15.0 Å². The summed E-state index contributed by atoms with van der Waals surface area (Å²) >= 11 is 1.56. The lowest BCUT2D eigenvalue weighted by Gasteiger charge is -2.35. The van der Waals surface area contributed by atoms with Crippen molar-refractivity contribution in [2.24, 2.45) is 0 Å². The molecule has 2 aromatic carbocycles. The zero-order chi connectivity index (χ0) is 24.9. The number of nitrogens with one attached hydrogen (secondary N) is 1. The number of amides is 1. The molecule has 0 unspecified atom stereocenters. The van der Waals surface area contributed by atoms with Gasteiger partial charge in [0, 0.05) is 56.4 Å². The third kappa shape index (κ3) is 5.54. The molecule has 0 atom stereocenters. The summed E-state index contributed by atoms with van der Waals surface area (Å²) in [5.74, 6) is 0.800. The Hall–Kier alpha value is -3.38. The molecule has 1 fully saturated rings. The number of hydrogen-bond acceptors (Lipinski definition) is 7. The summed E-state index contributed by atoms with van der Waals surface area (Å²) in [6.45, 7) is 6.33. The Morgan fingerprint density at radius 3 is 2.47 bits per heavy atom. The Bertz CT molecular complexity index is 1230. The van der Waals surface area contributed by atoms with E-state index < -0.39 is 0 Å². The topological polar surface area (TPSA) is 71.8 Å². The SMILES string of the molecule is COc1ccc(N2CCN(CC(=O)Nc3sc4c(c3C#N)CCN(Cc3ccccc3)C4)CC2)cc1. The van der Waals surface area contributed by atoms with Crippen LogP contribution in [0.3, 0.4) is 0 Å². The molecule has 0 spiro atoms. The molecule has 186 valence electrons. The fourth-order valence-corrected chi connectivity index (χ4v) is 6.22. The number of carbonyl (C=O) groups is 1. The number of carbonyl (C=O) groups excluding carboxylic acids is 1. The van der Waals surface area contributed by atoms with Crippen LogP contribution in [0.5, 0.6) is 5.75 Å². The van der Waals surface area contributed by atoms with Gasteiger partial charge in [0.1, 0.15) is 16.8 Å². The quantitative estimate of drug-likeness (QED) is 0.529. The lowest BCUT2D eigenvalue weighted by atomic mass is 10.0. The normalized spacial score (nSPS) is 16.3. The zero-order valence-electron chi connectivity index (χ0n) is 20.6. The maximum absolute atomic E-state index is 12.9. The van der Waals surface area contributed by atoms with Gasteiger partial charge in [0.2, 0.25) is 5.91 Å². The predicted octanol–water partition coefficient (Wildman–Crippen LogP) is 3.95. The minimum Gasteiger partial charge on any atom is -0.497 e. The third-order valence-electron chi connectivity index (χ3n) is 6.93. The first-order valence-electron chi connectivity index (χ1n) is 12.3. The number of piperazine rings is 1. The van der Waals surface area contributed by atoms with Gasteiger partial charge in [0.05, 0.1) is 19.2 Å². The van der Waals surface area contributed by atoms with Crippen molar-refractivity contribution in [2.75, 3.05) is 56.6 Å². The van der Waals surface area contributed by atoms with Crippen LogP contribution in [-0.2, 0) is 24.3 Å². The smallest absolute Gasteiger partial charge is 0.239 e. The number of nitriles is 1. The van der Waals surface area contributed by atoms with Gasteiger partial charge in [-0.1, -0.05) is 30.3 Å². The van der Waals surface area contributed by atoms with Gasteiger partial charge in [-0.15, -0.1) is 11.3 Å². The molecule has 3 aromatic rings. The summed E-state index contributed by atoms with van der Waals surface area (Å²) in [6.07, 6.45) is 0.838. The molecule has 1 N–H and O–H groups in total. The van der Waals surface area contributed by atoms with Crippen molar-refractivity contribution in [1.82, 2.24) is 9.80 Å². The zero-order valence-corrected chi connectivity index (χ0v) is 21.4. The lowest BCUT2D eigenvalue weighted by molar-refractivity contribution is -0.117. The highest BCUT2D eigenvalue weighted by Crippen LogP contribution is 2.37. The molecule has 2 aliphatic rings. The van der Waals surface area contributed by atoms with Crippen LogP contribution in [0.4, 0.5) is 10.7 Å². The number of benzene rings is 2. The molecular weight excluding hydrogens is 470 g/mol. The highest BCUT2D eigenvalue weighted by Gasteiger charge is 2.26. The van der Waals surface area contributed by atoms with E-state index >= 15 is 0 Å². The van der Waals surface area contributed by atoms with Crippen molar-refractivity contribution in [2.45, 2.75) is 19.5 Å². The van der Waals surface area contributed by atoms with E-state index in [1.54, 1.807) is 18.4 Å². The van der Waals surface area contributed by atoms with Crippen molar-refractivity contribution in [3.63, 3.8) is 0 Å². The summed E-state index contributed by atoms with van der Waals surface area (Å²) in [5.41, 5.74) is 4.21. The van der Waals surface area contributed by atoms with Gasteiger partial charge in [-0.05, 0) is 41.8 Å². The van der Waals surface area contributed by atoms with Gasteiger partial charge in [0.25, 0.3) is 0 Å². The average Bonchev–Trinajstić information content (AvgIpc) is 3.25. The van der Waals surface area contributed by atoms with Gasteiger partial charge in [0.15, 0.2) is 0 Å². The number of nitrogens with zero attached hydrogens (tertiary/aromatic N) is 4.